The van der Waals surface area contributed by atoms with Crippen molar-refractivity contribution < 1.29 is 31.1 Å². The first kappa shape index (κ1) is 26.4. The Kier molecular flexibility index (Phi) is 7.12. The molecule has 1 aromatic heterocycles. The van der Waals surface area contributed by atoms with Crippen LogP contribution in [-0.4, -0.2) is 26.9 Å². The van der Waals surface area contributed by atoms with Crippen molar-refractivity contribution in [2.75, 3.05) is 0 Å². The average Bonchev–Trinajstić information content (AvgIpc) is 2.76. The van der Waals surface area contributed by atoms with E-state index >= 15 is 0 Å². The molecule has 0 unspecified atom stereocenters. The molecule has 1 heterocycles. The van der Waals surface area contributed by atoms with Crippen molar-refractivity contribution in [3.8, 4) is 22.8 Å². The molecule has 0 spiro atoms. The first-order valence-corrected chi connectivity index (χ1v) is 10.5. The summed E-state index contributed by atoms with van der Waals surface area (Å²) in [5, 5.41) is 0.111. The normalized spacial score (nSPS) is 12.6. The highest BCUT2D eigenvalue weighted by atomic mass is 35.5. The number of carbonyl (C=O) groups excluding carboxylic acids is 1. The molecule has 0 saturated carbocycles. The van der Waals surface area contributed by atoms with E-state index in [1.165, 1.54) is 24.3 Å². The molecule has 0 fully saturated rings. The molecule has 0 aliphatic rings. The zero-order valence-electron chi connectivity index (χ0n) is 18.3. The van der Waals surface area contributed by atoms with Gasteiger partial charge >= 0.3 is 18.0 Å². The van der Waals surface area contributed by atoms with Crippen LogP contribution in [0.25, 0.3) is 22.8 Å². The summed E-state index contributed by atoms with van der Waals surface area (Å²) < 4.78 is 78.5. The van der Waals surface area contributed by atoms with Gasteiger partial charge in [-0.25, -0.2) is 9.78 Å². The average molecular weight is 518 g/mol. The molecule has 0 atom stereocenters. The van der Waals surface area contributed by atoms with Gasteiger partial charge in [0, 0.05) is 17.5 Å². The molecular weight excluding hydrogens is 500 g/mol. The number of aryl methyl sites for hydroxylation is 1. The van der Waals surface area contributed by atoms with E-state index in [4.69, 9.17) is 11.6 Å². The van der Waals surface area contributed by atoms with E-state index in [0.29, 0.717) is 5.56 Å². The maximum absolute atomic E-state index is 13.1. The molecule has 186 valence electrons. The number of benzene rings is 2. The molecule has 1 N–H and O–H groups in total. The molecule has 3 rings (SSSR count). The van der Waals surface area contributed by atoms with Gasteiger partial charge in [-0.1, -0.05) is 29.8 Å². The Labute approximate surface area is 200 Å². The van der Waals surface area contributed by atoms with E-state index < -0.39 is 41.2 Å². The van der Waals surface area contributed by atoms with Crippen molar-refractivity contribution in [3.63, 3.8) is 0 Å². The standard InChI is InChI=1S/C23H18ClF6N3O2/c1-21(2,23(28,29)30)17(34)9-7-12-6-8-16(24)15(10-12)19-31-18(32-20(35)33-19)13-4-3-5-14(11-13)22(25,26)27/h3-6,8,10-11H,7,9H2,1-2H3,(H,31,32,33,35). The van der Waals surface area contributed by atoms with Crippen LogP contribution >= 0.6 is 11.6 Å². The number of H-pyrrole nitrogens is 1. The number of halogens is 7. The first-order valence-electron chi connectivity index (χ1n) is 10.1. The number of aromatic amines is 1. The molecule has 0 aliphatic heterocycles. The summed E-state index contributed by atoms with van der Waals surface area (Å²) in [6.45, 7) is 1.62. The van der Waals surface area contributed by atoms with Gasteiger partial charge in [0.05, 0.1) is 10.6 Å². The molecule has 5 nitrogen and oxygen atoms in total. The second-order valence-electron chi connectivity index (χ2n) is 8.26. The van der Waals surface area contributed by atoms with Crippen molar-refractivity contribution in [3.05, 3.63) is 69.1 Å². The topological polar surface area (TPSA) is 75.7 Å². The molecule has 0 bridgehead atoms. The Bertz CT molecular complexity index is 1320. The van der Waals surface area contributed by atoms with E-state index in [0.717, 1.165) is 32.0 Å². The summed E-state index contributed by atoms with van der Waals surface area (Å²) in [5.41, 5.74) is -3.81. The number of ketones is 1. The van der Waals surface area contributed by atoms with E-state index in [2.05, 4.69) is 15.0 Å². The number of nitrogens with one attached hydrogen (secondary N) is 1. The predicted octanol–water partition coefficient (Wildman–Crippen LogP) is 6.26. The molecule has 0 aliphatic carbocycles. The Morgan fingerprint density at radius 3 is 2.31 bits per heavy atom. The number of carbonyl (C=O) groups is 1. The summed E-state index contributed by atoms with van der Waals surface area (Å²) in [5.74, 6) is -1.38. The molecule has 12 heteroatoms. The minimum Gasteiger partial charge on any atom is -0.299 e. The van der Waals surface area contributed by atoms with Crippen LogP contribution in [0.4, 0.5) is 26.3 Å². The van der Waals surface area contributed by atoms with Crippen LogP contribution in [0.2, 0.25) is 5.02 Å². The quantitative estimate of drug-likeness (QED) is 0.392. The summed E-state index contributed by atoms with van der Waals surface area (Å²) >= 11 is 6.21. The fourth-order valence-electron chi connectivity index (χ4n) is 3.11. The molecule has 3 aromatic rings. The molecule has 0 amide bonds. The van der Waals surface area contributed by atoms with Crippen LogP contribution in [0.3, 0.4) is 0 Å². The largest absolute Gasteiger partial charge is 0.416 e. The number of hydrogen-bond acceptors (Lipinski definition) is 4. The lowest BCUT2D eigenvalue weighted by molar-refractivity contribution is -0.210. The van der Waals surface area contributed by atoms with E-state index in [-0.39, 0.29) is 34.2 Å². The zero-order chi connectivity index (χ0) is 26.2. The monoisotopic (exact) mass is 517 g/mol. The van der Waals surface area contributed by atoms with E-state index in [1.807, 2.05) is 0 Å². The lowest BCUT2D eigenvalue weighted by atomic mass is 9.84. The Morgan fingerprint density at radius 1 is 1.00 bits per heavy atom. The molecule has 35 heavy (non-hydrogen) atoms. The zero-order valence-corrected chi connectivity index (χ0v) is 19.1. The highest BCUT2D eigenvalue weighted by Gasteiger charge is 2.51. The maximum atomic E-state index is 13.1. The number of Topliss-reactive ketones (excluding diaryl/α,β-unsaturated/α-hetero) is 1. The second-order valence-corrected chi connectivity index (χ2v) is 8.67. The third-order valence-electron chi connectivity index (χ3n) is 5.43. The summed E-state index contributed by atoms with van der Waals surface area (Å²) in [6, 6.07) is 8.46. The van der Waals surface area contributed by atoms with Gasteiger partial charge in [-0.2, -0.15) is 31.3 Å². The van der Waals surface area contributed by atoms with Crippen molar-refractivity contribution in [1.29, 1.82) is 0 Å². The minimum absolute atomic E-state index is 0.0433. The van der Waals surface area contributed by atoms with Crippen molar-refractivity contribution in [2.24, 2.45) is 5.41 Å². The van der Waals surface area contributed by atoms with Gasteiger partial charge in [-0.3, -0.25) is 9.78 Å². The van der Waals surface area contributed by atoms with Gasteiger partial charge < -0.3 is 0 Å². The number of nitrogens with zero attached hydrogens (tertiary/aromatic N) is 2. The molecular formula is C23H18ClF6N3O2. The van der Waals surface area contributed by atoms with Gasteiger partial charge in [-0.15, -0.1) is 0 Å². The second kappa shape index (κ2) is 9.44. The fraction of sp³-hybridized carbons (Fsp3) is 0.304. The Hall–Kier alpha value is -3.21. The number of alkyl halides is 6. The predicted molar refractivity (Wildman–Crippen MR) is 117 cm³/mol. The lowest BCUT2D eigenvalue weighted by Gasteiger charge is -2.26. The van der Waals surface area contributed by atoms with Crippen LogP contribution in [0.15, 0.2) is 47.3 Å². The fourth-order valence-corrected chi connectivity index (χ4v) is 3.32. The van der Waals surface area contributed by atoms with Gasteiger partial charge in [-0.05, 0) is 50.1 Å². The minimum atomic E-state index is -4.70. The summed E-state index contributed by atoms with van der Waals surface area (Å²) in [6.07, 6.45) is -9.76. The Morgan fingerprint density at radius 2 is 1.69 bits per heavy atom. The van der Waals surface area contributed by atoms with Crippen LogP contribution in [0.5, 0.6) is 0 Å². The third kappa shape index (κ3) is 5.90. The Balaban J connectivity index is 1.94. The molecule has 0 saturated heterocycles. The van der Waals surface area contributed by atoms with Crippen molar-refractivity contribution >= 4 is 17.4 Å². The van der Waals surface area contributed by atoms with Gasteiger partial charge in [0.1, 0.15) is 17.0 Å². The van der Waals surface area contributed by atoms with Crippen LogP contribution in [-0.2, 0) is 17.4 Å². The van der Waals surface area contributed by atoms with Gasteiger partial charge in [0.15, 0.2) is 5.82 Å². The van der Waals surface area contributed by atoms with E-state index in [9.17, 15) is 35.9 Å². The number of rotatable bonds is 6. The lowest BCUT2D eigenvalue weighted by Crippen LogP contribution is -2.39. The van der Waals surface area contributed by atoms with Gasteiger partial charge in [0.2, 0.25) is 0 Å². The highest BCUT2D eigenvalue weighted by molar-refractivity contribution is 6.33. The van der Waals surface area contributed by atoms with E-state index in [1.54, 1.807) is 0 Å². The van der Waals surface area contributed by atoms with Crippen LogP contribution < -0.4 is 5.69 Å². The number of aromatic nitrogens is 3. The summed E-state index contributed by atoms with van der Waals surface area (Å²) in [4.78, 5) is 34.4. The smallest absolute Gasteiger partial charge is 0.299 e. The molecule has 2 aromatic carbocycles. The summed E-state index contributed by atoms with van der Waals surface area (Å²) in [7, 11) is 0. The van der Waals surface area contributed by atoms with Crippen molar-refractivity contribution in [2.45, 2.75) is 39.0 Å². The number of hydrogen-bond donors (Lipinski definition) is 1. The van der Waals surface area contributed by atoms with Crippen LogP contribution in [0, 0.1) is 5.41 Å². The SMILES string of the molecule is CC(C)(C(=O)CCc1ccc(Cl)c(-c2nc(-c3cccc(C(F)(F)F)c3)nc(=O)[nH]2)c1)C(F)(F)F. The first-order chi connectivity index (χ1) is 16.1. The highest BCUT2D eigenvalue weighted by Crippen LogP contribution is 2.39. The van der Waals surface area contributed by atoms with Crippen molar-refractivity contribution in [1.82, 2.24) is 15.0 Å². The van der Waals surface area contributed by atoms with Crippen LogP contribution in [0.1, 0.15) is 31.4 Å². The van der Waals surface area contributed by atoms with Gasteiger partial charge in [0.25, 0.3) is 0 Å². The molecule has 0 radical (unpaired) electrons. The maximum Gasteiger partial charge on any atom is 0.416 e. The third-order valence-corrected chi connectivity index (χ3v) is 5.76.